The maximum Gasteiger partial charge on any atom is 0.336 e. The van der Waals surface area contributed by atoms with Crippen LogP contribution < -0.4 is 10.6 Å². The standard InChI is InChI=1S/C14H18N2O7/c1-23-7-12(19)16-8-2-3-10(11(4-8)14(21)22)13(20)15-5-9(18)6-17/h2-4,9,17-18H,5-7H2,1H3,(H,15,20)(H,16,19)(H,21,22). The van der Waals surface area contributed by atoms with Crippen molar-refractivity contribution >= 4 is 23.5 Å². The Morgan fingerprint density at radius 1 is 1.26 bits per heavy atom. The van der Waals surface area contributed by atoms with Crippen molar-refractivity contribution in [1.29, 1.82) is 0 Å². The van der Waals surface area contributed by atoms with Crippen LogP contribution >= 0.6 is 0 Å². The van der Waals surface area contributed by atoms with Gasteiger partial charge in [0.1, 0.15) is 6.61 Å². The number of hydrogen-bond acceptors (Lipinski definition) is 6. The number of carboxylic acid groups (broad SMARTS) is 1. The van der Waals surface area contributed by atoms with Gasteiger partial charge in [0.25, 0.3) is 5.91 Å². The lowest BCUT2D eigenvalue weighted by Crippen LogP contribution is -2.34. The van der Waals surface area contributed by atoms with Crippen LogP contribution in [-0.2, 0) is 9.53 Å². The summed E-state index contributed by atoms with van der Waals surface area (Å²) in [5.74, 6) is -2.53. The molecule has 23 heavy (non-hydrogen) atoms. The molecular weight excluding hydrogens is 308 g/mol. The summed E-state index contributed by atoms with van der Waals surface area (Å²) in [6.45, 7) is -0.944. The van der Waals surface area contributed by atoms with E-state index in [0.717, 1.165) is 6.07 Å². The number of carbonyl (C=O) groups excluding carboxylic acids is 2. The van der Waals surface area contributed by atoms with Gasteiger partial charge in [-0.15, -0.1) is 0 Å². The summed E-state index contributed by atoms with van der Waals surface area (Å²) in [4.78, 5) is 34.6. The Kier molecular flexibility index (Phi) is 7.13. The molecule has 2 amide bonds. The molecule has 0 fully saturated rings. The number of carbonyl (C=O) groups is 3. The van der Waals surface area contributed by atoms with Gasteiger partial charge in [0.2, 0.25) is 5.91 Å². The number of hydrogen-bond donors (Lipinski definition) is 5. The van der Waals surface area contributed by atoms with E-state index in [1.807, 2.05) is 0 Å². The van der Waals surface area contributed by atoms with Crippen LogP contribution in [0.5, 0.6) is 0 Å². The van der Waals surface area contributed by atoms with Crippen molar-refractivity contribution in [3.8, 4) is 0 Å². The maximum atomic E-state index is 12.0. The molecule has 9 nitrogen and oxygen atoms in total. The number of aliphatic hydroxyl groups excluding tert-OH is 2. The third-order valence-electron chi connectivity index (χ3n) is 2.76. The number of ether oxygens (including phenoxy) is 1. The fourth-order valence-corrected chi connectivity index (χ4v) is 1.70. The van der Waals surface area contributed by atoms with Gasteiger partial charge in [-0.05, 0) is 18.2 Å². The number of anilines is 1. The van der Waals surface area contributed by atoms with E-state index in [0.29, 0.717) is 0 Å². The Labute approximate surface area is 131 Å². The highest BCUT2D eigenvalue weighted by atomic mass is 16.5. The topological polar surface area (TPSA) is 145 Å². The lowest BCUT2D eigenvalue weighted by molar-refractivity contribution is -0.119. The first kappa shape index (κ1) is 18.6. The zero-order valence-corrected chi connectivity index (χ0v) is 12.4. The van der Waals surface area contributed by atoms with Crippen molar-refractivity contribution in [2.45, 2.75) is 6.10 Å². The van der Waals surface area contributed by atoms with Gasteiger partial charge in [-0.2, -0.15) is 0 Å². The Balaban J connectivity index is 2.93. The van der Waals surface area contributed by atoms with E-state index in [9.17, 15) is 24.6 Å². The summed E-state index contributed by atoms with van der Waals surface area (Å²) >= 11 is 0. The molecule has 0 aliphatic rings. The lowest BCUT2D eigenvalue weighted by atomic mass is 10.1. The number of rotatable bonds is 8. The van der Waals surface area contributed by atoms with Crippen molar-refractivity contribution in [1.82, 2.24) is 5.32 Å². The van der Waals surface area contributed by atoms with Crippen molar-refractivity contribution in [2.24, 2.45) is 0 Å². The largest absolute Gasteiger partial charge is 0.478 e. The second-order valence-corrected chi connectivity index (χ2v) is 4.59. The second kappa shape index (κ2) is 8.83. The maximum absolute atomic E-state index is 12.0. The van der Waals surface area contributed by atoms with Gasteiger partial charge in [-0.25, -0.2) is 4.79 Å². The van der Waals surface area contributed by atoms with Gasteiger partial charge in [-0.3, -0.25) is 9.59 Å². The Bertz CT molecular complexity index is 588. The number of nitrogens with one attached hydrogen (secondary N) is 2. The quantitative estimate of drug-likeness (QED) is 0.414. The van der Waals surface area contributed by atoms with Crippen molar-refractivity contribution < 1.29 is 34.4 Å². The molecule has 1 atom stereocenters. The predicted molar refractivity (Wildman–Crippen MR) is 79.3 cm³/mol. The number of carboxylic acids is 1. The summed E-state index contributed by atoms with van der Waals surface area (Å²) in [6, 6.07) is 3.76. The van der Waals surface area contributed by atoms with Crippen LogP contribution in [0.2, 0.25) is 0 Å². The molecule has 0 aliphatic heterocycles. The number of amides is 2. The van der Waals surface area contributed by atoms with Gasteiger partial charge in [-0.1, -0.05) is 0 Å². The van der Waals surface area contributed by atoms with E-state index in [4.69, 9.17) is 5.11 Å². The molecule has 9 heteroatoms. The van der Waals surface area contributed by atoms with E-state index in [1.165, 1.54) is 19.2 Å². The average molecular weight is 326 g/mol. The normalized spacial score (nSPS) is 11.6. The number of aromatic carboxylic acids is 1. The van der Waals surface area contributed by atoms with Gasteiger partial charge < -0.3 is 30.7 Å². The summed E-state index contributed by atoms with van der Waals surface area (Å²) in [7, 11) is 1.34. The first-order valence-electron chi connectivity index (χ1n) is 6.62. The molecule has 0 aromatic heterocycles. The van der Waals surface area contributed by atoms with Crippen LogP contribution in [0.15, 0.2) is 18.2 Å². The van der Waals surface area contributed by atoms with Gasteiger partial charge in [0.05, 0.1) is 23.8 Å². The van der Waals surface area contributed by atoms with Crippen LogP contribution in [0.25, 0.3) is 0 Å². The predicted octanol–water partition coefficient (Wildman–Crippen LogP) is -0.947. The molecule has 0 bridgehead atoms. The van der Waals surface area contributed by atoms with Crippen LogP contribution in [0.1, 0.15) is 20.7 Å². The van der Waals surface area contributed by atoms with Crippen LogP contribution in [-0.4, -0.2) is 66.1 Å². The Morgan fingerprint density at radius 3 is 2.52 bits per heavy atom. The molecule has 1 aromatic carbocycles. The van der Waals surface area contributed by atoms with Gasteiger partial charge >= 0.3 is 5.97 Å². The highest BCUT2D eigenvalue weighted by molar-refractivity contribution is 6.06. The fourth-order valence-electron chi connectivity index (χ4n) is 1.70. The molecule has 0 heterocycles. The Morgan fingerprint density at radius 2 is 1.96 bits per heavy atom. The molecule has 0 aliphatic carbocycles. The molecule has 5 N–H and O–H groups in total. The minimum absolute atomic E-state index is 0.132. The molecule has 126 valence electrons. The third-order valence-corrected chi connectivity index (χ3v) is 2.76. The smallest absolute Gasteiger partial charge is 0.336 e. The summed E-state index contributed by atoms with van der Waals surface area (Å²) in [5, 5.41) is 31.8. The molecule has 0 saturated carbocycles. The first-order valence-corrected chi connectivity index (χ1v) is 6.62. The average Bonchev–Trinajstić information content (AvgIpc) is 2.52. The molecule has 1 unspecified atom stereocenters. The molecule has 0 spiro atoms. The van der Waals surface area contributed by atoms with Crippen molar-refractivity contribution in [3.63, 3.8) is 0 Å². The zero-order valence-electron chi connectivity index (χ0n) is 12.4. The zero-order chi connectivity index (χ0) is 17.4. The van der Waals surface area contributed by atoms with E-state index >= 15 is 0 Å². The minimum Gasteiger partial charge on any atom is -0.478 e. The lowest BCUT2D eigenvalue weighted by Gasteiger charge is -2.12. The third kappa shape index (κ3) is 5.66. The summed E-state index contributed by atoms with van der Waals surface area (Å²) in [5.41, 5.74) is -0.236. The highest BCUT2D eigenvalue weighted by Gasteiger charge is 2.18. The SMILES string of the molecule is COCC(=O)Nc1ccc(C(=O)NCC(O)CO)c(C(=O)O)c1. The number of aliphatic hydroxyl groups is 2. The van der Waals surface area contributed by atoms with Crippen LogP contribution in [0.4, 0.5) is 5.69 Å². The van der Waals surface area contributed by atoms with Crippen molar-refractivity contribution in [3.05, 3.63) is 29.3 Å². The molecular formula is C14H18N2O7. The monoisotopic (exact) mass is 326 g/mol. The molecule has 0 saturated heterocycles. The molecule has 1 aromatic rings. The van der Waals surface area contributed by atoms with E-state index in [1.54, 1.807) is 0 Å². The number of benzene rings is 1. The molecule has 1 rings (SSSR count). The van der Waals surface area contributed by atoms with Gasteiger partial charge in [0, 0.05) is 19.3 Å². The Hall–Kier alpha value is -2.49. The highest BCUT2D eigenvalue weighted by Crippen LogP contribution is 2.16. The van der Waals surface area contributed by atoms with Crippen LogP contribution in [0, 0.1) is 0 Å². The first-order chi connectivity index (χ1) is 10.9. The van der Waals surface area contributed by atoms with E-state index < -0.39 is 30.5 Å². The van der Waals surface area contributed by atoms with Crippen LogP contribution in [0.3, 0.4) is 0 Å². The van der Waals surface area contributed by atoms with Crippen molar-refractivity contribution in [2.75, 3.05) is 32.2 Å². The van der Waals surface area contributed by atoms with E-state index in [-0.39, 0.29) is 30.0 Å². The second-order valence-electron chi connectivity index (χ2n) is 4.59. The summed E-state index contributed by atoms with van der Waals surface area (Å²) in [6.07, 6.45) is -1.14. The minimum atomic E-state index is -1.35. The van der Waals surface area contributed by atoms with Gasteiger partial charge in [0.15, 0.2) is 0 Å². The fraction of sp³-hybridized carbons (Fsp3) is 0.357. The van der Waals surface area contributed by atoms with E-state index in [2.05, 4.69) is 15.4 Å². The summed E-state index contributed by atoms with van der Waals surface area (Å²) < 4.78 is 4.64. The molecule has 0 radical (unpaired) electrons. The number of methoxy groups -OCH3 is 1.